The first-order chi connectivity index (χ1) is 14.8. The third-order valence-corrected chi connectivity index (χ3v) is 6.52. The van der Waals surface area contributed by atoms with Crippen molar-refractivity contribution in [1.82, 2.24) is 19.2 Å². The van der Waals surface area contributed by atoms with Gasteiger partial charge in [0.05, 0.1) is 13.1 Å². The predicted octanol–water partition coefficient (Wildman–Crippen LogP) is 2.92. The van der Waals surface area contributed by atoms with Crippen LogP contribution in [0.4, 0.5) is 0 Å². The first-order valence-corrected chi connectivity index (χ1v) is 11.5. The van der Waals surface area contributed by atoms with Gasteiger partial charge >= 0.3 is 5.69 Å². The number of fused-ring (bicyclic) bond motifs is 1. The number of carbonyl (C=O) groups is 1. The van der Waals surface area contributed by atoms with E-state index in [9.17, 15) is 9.59 Å². The summed E-state index contributed by atoms with van der Waals surface area (Å²) in [6.07, 6.45) is 4.03. The van der Waals surface area contributed by atoms with Crippen molar-refractivity contribution in [3.05, 3.63) is 51.7 Å². The van der Waals surface area contributed by atoms with Gasteiger partial charge in [-0.15, -0.1) is 0 Å². The van der Waals surface area contributed by atoms with Crippen molar-refractivity contribution >= 4 is 5.91 Å². The number of aryl methyl sites for hydroxylation is 3. The maximum absolute atomic E-state index is 12.9. The number of hydrogen-bond donors (Lipinski definition) is 0. The highest BCUT2D eigenvalue weighted by molar-refractivity contribution is 5.77. The number of nitrogens with zero attached hydrogens (tertiary/aromatic N) is 4. The summed E-state index contributed by atoms with van der Waals surface area (Å²) >= 11 is 0. The Morgan fingerprint density at radius 2 is 2.00 bits per heavy atom. The topological polar surface area (TPSA) is 69.4 Å². The van der Waals surface area contributed by atoms with Crippen molar-refractivity contribution in [2.75, 3.05) is 13.1 Å². The van der Waals surface area contributed by atoms with Gasteiger partial charge in [0.25, 0.3) is 0 Å². The smallest absolute Gasteiger partial charge is 0.346 e. The molecule has 3 heterocycles. The molecule has 0 radical (unpaired) electrons. The van der Waals surface area contributed by atoms with E-state index in [1.165, 1.54) is 11.1 Å². The summed E-state index contributed by atoms with van der Waals surface area (Å²) in [4.78, 5) is 27.5. The van der Waals surface area contributed by atoms with Crippen LogP contribution in [0.15, 0.2) is 29.1 Å². The lowest BCUT2D eigenvalue weighted by atomic mass is 10.0. The van der Waals surface area contributed by atoms with Crippen molar-refractivity contribution in [2.24, 2.45) is 5.92 Å². The van der Waals surface area contributed by atoms with E-state index in [0.29, 0.717) is 50.9 Å². The molecule has 1 spiro atoms. The molecule has 168 valence electrons. The molecular weight excluding hydrogens is 392 g/mol. The Labute approximate surface area is 184 Å². The summed E-state index contributed by atoms with van der Waals surface area (Å²) in [6, 6.07) is 8.34. The average molecular weight is 427 g/mol. The SMILES string of the molecule is Cc1ccc(CCC(=O)N2CCC3(C2)Cn2c(nn(CCCC(C)C)c2=O)CO3)cc1. The van der Waals surface area contributed by atoms with Crippen LogP contribution in [-0.2, 0) is 35.6 Å². The molecule has 1 unspecified atom stereocenters. The Morgan fingerprint density at radius 1 is 1.23 bits per heavy atom. The molecule has 1 aromatic heterocycles. The zero-order valence-electron chi connectivity index (χ0n) is 19.0. The molecule has 0 N–H and O–H groups in total. The van der Waals surface area contributed by atoms with Gasteiger partial charge in [-0.05, 0) is 44.1 Å². The van der Waals surface area contributed by atoms with Crippen LogP contribution in [0.2, 0.25) is 0 Å². The highest BCUT2D eigenvalue weighted by atomic mass is 16.5. The summed E-state index contributed by atoms with van der Waals surface area (Å²) in [5.41, 5.74) is 1.89. The van der Waals surface area contributed by atoms with Gasteiger partial charge in [-0.1, -0.05) is 43.7 Å². The summed E-state index contributed by atoms with van der Waals surface area (Å²) in [7, 11) is 0. The van der Waals surface area contributed by atoms with Gasteiger partial charge in [0.15, 0.2) is 5.82 Å². The maximum atomic E-state index is 12.9. The van der Waals surface area contributed by atoms with Gasteiger partial charge in [-0.2, -0.15) is 5.10 Å². The maximum Gasteiger partial charge on any atom is 0.346 e. The van der Waals surface area contributed by atoms with E-state index in [1.54, 1.807) is 9.25 Å². The molecule has 1 saturated heterocycles. The minimum atomic E-state index is -0.470. The minimum absolute atomic E-state index is 0.0504. The molecule has 2 aliphatic rings. The Kier molecular flexibility index (Phi) is 6.32. The van der Waals surface area contributed by atoms with Crippen molar-refractivity contribution < 1.29 is 9.53 Å². The molecule has 0 bridgehead atoms. The lowest BCUT2D eigenvalue weighted by Gasteiger charge is -2.33. The molecule has 1 atom stereocenters. The lowest BCUT2D eigenvalue weighted by Crippen LogP contribution is -2.47. The average Bonchev–Trinajstić information content (AvgIpc) is 3.29. The van der Waals surface area contributed by atoms with Crippen LogP contribution < -0.4 is 5.69 Å². The molecule has 1 amide bonds. The fraction of sp³-hybridized carbons (Fsp3) is 0.625. The molecule has 0 aliphatic carbocycles. The van der Waals surface area contributed by atoms with Crippen molar-refractivity contribution in [1.29, 1.82) is 0 Å². The van der Waals surface area contributed by atoms with E-state index < -0.39 is 5.60 Å². The first kappa shape index (κ1) is 21.8. The number of ether oxygens (including phenoxy) is 1. The fourth-order valence-electron chi connectivity index (χ4n) is 4.57. The van der Waals surface area contributed by atoms with Crippen molar-refractivity contribution in [3.8, 4) is 0 Å². The van der Waals surface area contributed by atoms with Crippen LogP contribution in [0.5, 0.6) is 0 Å². The molecule has 7 heteroatoms. The number of benzene rings is 1. The van der Waals surface area contributed by atoms with Gasteiger partial charge in [0.1, 0.15) is 12.2 Å². The molecule has 7 nitrogen and oxygen atoms in total. The molecule has 0 saturated carbocycles. The van der Waals surface area contributed by atoms with Crippen LogP contribution in [0.1, 0.15) is 56.5 Å². The lowest BCUT2D eigenvalue weighted by molar-refractivity contribution is -0.133. The number of aromatic nitrogens is 3. The van der Waals surface area contributed by atoms with Gasteiger partial charge in [-0.3, -0.25) is 9.36 Å². The zero-order valence-corrected chi connectivity index (χ0v) is 19.0. The summed E-state index contributed by atoms with van der Waals surface area (Å²) in [5, 5.41) is 4.49. The summed E-state index contributed by atoms with van der Waals surface area (Å²) < 4.78 is 9.54. The van der Waals surface area contributed by atoms with Crippen LogP contribution in [0, 0.1) is 12.8 Å². The molecule has 2 aliphatic heterocycles. The van der Waals surface area contributed by atoms with E-state index in [-0.39, 0.29) is 11.6 Å². The monoisotopic (exact) mass is 426 g/mol. The summed E-state index contributed by atoms with van der Waals surface area (Å²) in [5.74, 6) is 1.47. The van der Waals surface area contributed by atoms with Crippen LogP contribution in [0.25, 0.3) is 0 Å². The number of likely N-dealkylation sites (tertiary alicyclic amines) is 1. The van der Waals surface area contributed by atoms with Crippen molar-refractivity contribution in [2.45, 2.75) is 78.2 Å². The van der Waals surface area contributed by atoms with Crippen LogP contribution in [-0.4, -0.2) is 43.8 Å². The largest absolute Gasteiger partial charge is 0.363 e. The van der Waals surface area contributed by atoms with Crippen molar-refractivity contribution in [3.63, 3.8) is 0 Å². The molecule has 1 fully saturated rings. The Bertz CT molecular complexity index is 976. The van der Waals surface area contributed by atoms with Gasteiger partial charge in [0.2, 0.25) is 5.91 Å². The predicted molar refractivity (Wildman–Crippen MR) is 119 cm³/mol. The normalized spacial score (nSPS) is 20.6. The standard InChI is InChI=1S/C24H34N4O3/c1-18(2)5-4-13-28-23(30)27-17-24(31-15-21(27)25-28)12-14-26(16-24)22(29)11-10-20-8-6-19(3)7-9-20/h6-9,18H,4-5,10-17H2,1-3H3. The molecule has 2 aromatic rings. The molecule has 31 heavy (non-hydrogen) atoms. The van der Waals surface area contributed by atoms with Gasteiger partial charge in [0, 0.05) is 19.5 Å². The van der Waals surface area contributed by atoms with E-state index >= 15 is 0 Å². The second kappa shape index (κ2) is 8.99. The second-order valence-electron chi connectivity index (χ2n) is 9.57. The van der Waals surface area contributed by atoms with Crippen LogP contribution >= 0.6 is 0 Å². The third-order valence-electron chi connectivity index (χ3n) is 6.52. The Hall–Kier alpha value is -2.41. The van der Waals surface area contributed by atoms with Gasteiger partial charge in [-0.25, -0.2) is 9.48 Å². The van der Waals surface area contributed by atoms with Gasteiger partial charge < -0.3 is 9.64 Å². The zero-order chi connectivity index (χ0) is 22.0. The second-order valence-corrected chi connectivity index (χ2v) is 9.57. The Balaban J connectivity index is 1.35. The molecule has 4 rings (SSSR count). The number of hydrogen-bond acceptors (Lipinski definition) is 4. The molecular formula is C24H34N4O3. The Morgan fingerprint density at radius 3 is 2.74 bits per heavy atom. The summed E-state index contributed by atoms with van der Waals surface area (Å²) in [6.45, 7) is 9.12. The van der Waals surface area contributed by atoms with Crippen LogP contribution in [0.3, 0.4) is 0 Å². The quantitative estimate of drug-likeness (QED) is 0.683. The highest BCUT2D eigenvalue weighted by Crippen LogP contribution is 2.31. The minimum Gasteiger partial charge on any atom is -0.363 e. The number of amides is 1. The van der Waals surface area contributed by atoms with E-state index in [0.717, 1.165) is 25.7 Å². The van der Waals surface area contributed by atoms with E-state index in [1.807, 2.05) is 4.90 Å². The first-order valence-electron chi connectivity index (χ1n) is 11.5. The van der Waals surface area contributed by atoms with E-state index in [4.69, 9.17) is 4.74 Å². The third kappa shape index (κ3) is 4.92. The highest BCUT2D eigenvalue weighted by Gasteiger charge is 2.44. The fourth-order valence-corrected chi connectivity index (χ4v) is 4.57. The number of carbonyl (C=O) groups excluding carboxylic acids is 1. The van der Waals surface area contributed by atoms with E-state index in [2.05, 4.69) is 50.1 Å². The molecule has 1 aromatic carbocycles. The number of rotatable bonds is 7.